The molecule has 3 rings (SSSR count). The highest BCUT2D eigenvalue weighted by molar-refractivity contribution is 7.89. The number of hydrogen-bond acceptors (Lipinski definition) is 4. The maximum atomic E-state index is 12.7. The summed E-state index contributed by atoms with van der Waals surface area (Å²) in [5.74, 6) is 0.681. The van der Waals surface area contributed by atoms with Crippen LogP contribution < -0.4 is 4.74 Å². The van der Waals surface area contributed by atoms with Crippen molar-refractivity contribution in [3.63, 3.8) is 0 Å². The second-order valence-electron chi connectivity index (χ2n) is 4.58. The molecule has 1 atom stereocenters. The van der Waals surface area contributed by atoms with Crippen LogP contribution in [0.2, 0.25) is 0 Å². The lowest BCUT2D eigenvalue weighted by atomic mass is 10.2. The molecule has 100 valence electrons. The molecule has 4 nitrogen and oxygen atoms in total. The molecule has 0 spiro atoms. The van der Waals surface area contributed by atoms with E-state index in [0.29, 0.717) is 5.75 Å². The molecule has 2 aromatic rings. The van der Waals surface area contributed by atoms with Gasteiger partial charge in [0, 0.05) is 24.7 Å². The van der Waals surface area contributed by atoms with Crippen molar-refractivity contribution in [2.24, 2.45) is 0 Å². The highest BCUT2D eigenvalue weighted by Crippen LogP contribution is 2.33. The van der Waals surface area contributed by atoms with Gasteiger partial charge < -0.3 is 9.29 Å². The molecular weight excluding hydrogens is 260 g/mol. The molecule has 0 aliphatic carbocycles. The Hall–Kier alpha value is -1.30. The van der Waals surface area contributed by atoms with E-state index in [1.54, 1.807) is 19.5 Å². The summed E-state index contributed by atoms with van der Waals surface area (Å²) in [4.78, 5) is 4.96. The summed E-state index contributed by atoms with van der Waals surface area (Å²) in [5, 5.41) is 1.87. The van der Waals surface area contributed by atoms with Gasteiger partial charge >= 0.3 is 0 Å². The van der Waals surface area contributed by atoms with E-state index in [0.717, 1.165) is 41.6 Å². The number of hydrogen-bond donors (Lipinski definition) is 0. The minimum absolute atomic E-state index is 0.681. The quantitative estimate of drug-likeness (QED) is 0.808. The number of ether oxygens (including phenoxy) is 1. The Morgan fingerprint density at radius 3 is 2.79 bits per heavy atom. The van der Waals surface area contributed by atoms with E-state index in [1.807, 2.05) is 22.5 Å². The number of methoxy groups -OCH3 is 1. The zero-order chi connectivity index (χ0) is 13.2. The van der Waals surface area contributed by atoms with Crippen molar-refractivity contribution in [2.45, 2.75) is 17.7 Å². The second kappa shape index (κ2) is 5.36. The molecule has 0 radical (unpaired) electrons. The molecule has 1 aliphatic rings. The van der Waals surface area contributed by atoms with Crippen LogP contribution in [0.4, 0.5) is 0 Å². The fourth-order valence-corrected chi connectivity index (χ4v) is 3.92. The number of benzene rings is 1. The molecule has 1 aromatic heterocycles. The molecule has 1 unspecified atom stereocenters. The van der Waals surface area contributed by atoms with Crippen LogP contribution in [-0.2, 0) is 11.4 Å². The van der Waals surface area contributed by atoms with Crippen LogP contribution in [0.1, 0.15) is 12.8 Å². The van der Waals surface area contributed by atoms with E-state index in [9.17, 15) is 4.55 Å². The first-order valence-corrected chi connectivity index (χ1v) is 7.49. The third kappa shape index (κ3) is 2.29. The van der Waals surface area contributed by atoms with E-state index in [2.05, 4.69) is 4.98 Å². The van der Waals surface area contributed by atoms with Crippen molar-refractivity contribution in [1.82, 2.24) is 9.29 Å². The van der Waals surface area contributed by atoms with Crippen molar-refractivity contribution >= 4 is 22.1 Å². The summed E-state index contributed by atoms with van der Waals surface area (Å²) in [5.41, 5.74) is 0. The molecule has 0 amide bonds. The highest BCUT2D eigenvalue weighted by atomic mass is 32.2. The molecular formula is C14H16N2O2S. The zero-order valence-electron chi connectivity index (χ0n) is 10.8. The number of aromatic nitrogens is 1. The van der Waals surface area contributed by atoms with Crippen LogP contribution >= 0.6 is 0 Å². The average Bonchev–Trinajstić information content (AvgIpc) is 2.99. The Morgan fingerprint density at radius 2 is 2.05 bits per heavy atom. The number of fused-ring (bicyclic) bond motifs is 1. The maximum absolute atomic E-state index is 12.7. The summed E-state index contributed by atoms with van der Waals surface area (Å²) in [6.45, 7) is 1.80. The Kier molecular flexibility index (Phi) is 3.59. The first kappa shape index (κ1) is 12.7. The van der Waals surface area contributed by atoms with E-state index in [1.165, 1.54) is 0 Å². The van der Waals surface area contributed by atoms with Gasteiger partial charge in [0.1, 0.15) is 5.75 Å². The molecule has 1 aliphatic heterocycles. The van der Waals surface area contributed by atoms with Gasteiger partial charge in [-0.25, -0.2) is 0 Å². The van der Waals surface area contributed by atoms with Gasteiger partial charge in [-0.1, -0.05) is 12.1 Å². The van der Waals surface area contributed by atoms with Gasteiger partial charge in [0.25, 0.3) is 0 Å². The Labute approximate surface area is 115 Å². The third-order valence-corrected chi connectivity index (χ3v) is 4.97. The number of rotatable bonds is 3. The molecule has 0 saturated carbocycles. The van der Waals surface area contributed by atoms with Gasteiger partial charge in [-0.3, -0.25) is 4.98 Å². The summed E-state index contributed by atoms with van der Waals surface area (Å²) in [6, 6.07) is 5.81. The van der Waals surface area contributed by atoms with E-state index < -0.39 is 11.4 Å². The topological polar surface area (TPSA) is 48.4 Å². The Bertz CT molecular complexity index is 579. The van der Waals surface area contributed by atoms with E-state index in [4.69, 9.17) is 4.74 Å². The number of nitrogens with zero attached hydrogens (tertiary/aromatic N) is 2. The molecule has 5 heteroatoms. The SMILES string of the molecule is COc1cncc2cccc([S+]([O-])N3CCCC3)c12. The molecule has 0 bridgehead atoms. The predicted octanol–water partition coefficient (Wildman–Crippen LogP) is 2.36. The molecule has 1 aromatic carbocycles. The standard InChI is InChI=1S/C14H16N2O2S/c1-18-12-10-15-9-11-5-4-6-13(14(11)12)19(17)16-7-2-3-8-16/h4-6,9-10H,2-3,7-8H2,1H3. The highest BCUT2D eigenvalue weighted by Gasteiger charge is 2.28. The molecule has 1 fully saturated rings. The van der Waals surface area contributed by atoms with Crippen LogP contribution in [0.25, 0.3) is 10.8 Å². The largest absolute Gasteiger partial charge is 0.593 e. The lowest BCUT2D eigenvalue weighted by molar-refractivity contribution is 0.417. The fourth-order valence-electron chi connectivity index (χ4n) is 2.46. The van der Waals surface area contributed by atoms with Gasteiger partial charge in [-0.15, -0.1) is 4.31 Å². The van der Waals surface area contributed by atoms with Gasteiger partial charge in [-0.05, 0) is 18.9 Å². The van der Waals surface area contributed by atoms with Gasteiger partial charge in [-0.2, -0.15) is 0 Å². The molecule has 2 heterocycles. The van der Waals surface area contributed by atoms with Crippen molar-refractivity contribution in [3.05, 3.63) is 30.6 Å². The van der Waals surface area contributed by atoms with Crippen LogP contribution in [-0.4, -0.2) is 34.0 Å². The van der Waals surface area contributed by atoms with Gasteiger partial charge in [0.15, 0.2) is 4.90 Å². The van der Waals surface area contributed by atoms with Crippen molar-refractivity contribution in [1.29, 1.82) is 0 Å². The molecule has 19 heavy (non-hydrogen) atoms. The average molecular weight is 276 g/mol. The summed E-state index contributed by atoms with van der Waals surface area (Å²) >= 11 is -1.12. The minimum atomic E-state index is -1.12. The van der Waals surface area contributed by atoms with E-state index in [-0.39, 0.29) is 0 Å². The van der Waals surface area contributed by atoms with Gasteiger partial charge in [0.05, 0.1) is 30.1 Å². The third-order valence-electron chi connectivity index (χ3n) is 3.42. The maximum Gasteiger partial charge on any atom is 0.185 e. The Balaban J connectivity index is 2.11. The lowest BCUT2D eigenvalue weighted by Crippen LogP contribution is -2.28. The molecule has 0 N–H and O–H groups in total. The minimum Gasteiger partial charge on any atom is -0.593 e. The second-order valence-corrected chi connectivity index (χ2v) is 6.04. The fraction of sp³-hybridized carbons (Fsp3) is 0.357. The van der Waals surface area contributed by atoms with Crippen LogP contribution in [0.3, 0.4) is 0 Å². The van der Waals surface area contributed by atoms with Crippen molar-refractivity contribution < 1.29 is 9.29 Å². The summed E-state index contributed by atoms with van der Waals surface area (Å²) in [6.07, 6.45) is 5.69. The van der Waals surface area contributed by atoms with Crippen LogP contribution in [0.15, 0.2) is 35.5 Å². The predicted molar refractivity (Wildman–Crippen MR) is 75.5 cm³/mol. The van der Waals surface area contributed by atoms with Crippen LogP contribution in [0, 0.1) is 0 Å². The normalized spacial score (nSPS) is 17.8. The van der Waals surface area contributed by atoms with Crippen molar-refractivity contribution in [2.75, 3.05) is 20.2 Å². The summed E-state index contributed by atoms with van der Waals surface area (Å²) in [7, 11) is 1.62. The molecule has 1 saturated heterocycles. The van der Waals surface area contributed by atoms with Crippen molar-refractivity contribution in [3.8, 4) is 5.75 Å². The van der Waals surface area contributed by atoms with Gasteiger partial charge in [0.2, 0.25) is 0 Å². The lowest BCUT2D eigenvalue weighted by Gasteiger charge is -2.20. The van der Waals surface area contributed by atoms with E-state index >= 15 is 0 Å². The first-order valence-electron chi connectivity index (χ1n) is 6.39. The number of pyridine rings is 1. The first-order chi connectivity index (χ1) is 9.31. The summed E-state index contributed by atoms with van der Waals surface area (Å²) < 4.78 is 20.1. The zero-order valence-corrected chi connectivity index (χ0v) is 11.7. The van der Waals surface area contributed by atoms with Crippen LogP contribution in [0.5, 0.6) is 5.75 Å². The Morgan fingerprint density at radius 1 is 1.26 bits per heavy atom. The smallest absolute Gasteiger partial charge is 0.185 e. The monoisotopic (exact) mass is 276 g/mol.